The Bertz CT molecular complexity index is 459. The third-order valence-corrected chi connectivity index (χ3v) is 2.53. The highest BCUT2D eigenvalue weighted by atomic mass is 16.8. The minimum atomic E-state index is -0.864. The number of hydrogen-bond donors (Lipinski definition) is 1. The average Bonchev–Trinajstić information content (AvgIpc) is 2.35. The summed E-state index contributed by atoms with van der Waals surface area (Å²) in [6.45, 7) is 8.30. The van der Waals surface area contributed by atoms with Gasteiger partial charge in [-0.3, -0.25) is 4.84 Å². The lowest BCUT2D eigenvalue weighted by Crippen LogP contribution is -2.16. The van der Waals surface area contributed by atoms with Crippen LogP contribution in [0.25, 0.3) is 0 Å². The number of ether oxygens (including phenoxy) is 1. The van der Waals surface area contributed by atoms with Gasteiger partial charge in [0.05, 0.1) is 6.61 Å². The highest BCUT2D eigenvalue weighted by molar-refractivity contribution is 5.97. The Morgan fingerprint density at radius 2 is 1.84 bits per heavy atom. The summed E-state index contributed by atoms with van der Waals surface area (Å²) < 4.78 is 4.57. The molecule has 0 heterocycles. The molecule has 0 aliphatic rings. The van der Waals surface area contributed by atoms with Crippen molar-refractivity contribution in [2.45, 2.75) is 33.1 Å². The highest BCUT2D eigenvalue weighted by Gasteiger charge is 2.13. The quantitative estimate of drug-likeness (QED) is 0.299. The maximum atomic E-state index is 11.0. The molecule has 0 spiro atoms. The van der Waals surface area contributed by atoms with Crippen LogP contribution in [-0.4, -0.2) is 18.6 Å². The molecule has 104 valence electrons. The predicted molar refractivity (Wildman–Crippen MR) is 74.0 cm³/mol. The van der Waals surface area contributed by atoms with Crippen LogP contribution in [0.4, 0.5) is 4.79 Å². The van der Waals surface area contributed by atoms with E-state index in [9.17, 15) is 4.79 Å². The summed E-state index contributed by atoms with van der Waals surface area (Å²) in [6.07, 6.45) is -0.864. The van der Waals surface area contributed by atoms with Gasteiger partial charge in [-0.15, -0.1) is 0 Å². The second kappa shape index (κ2) is 6.22. The third kappa shape index (κ3) is 4.62. The third-order valence-electron chi connectivity index (χ3n) is 2.53. The van der Waals surface area contributed by atoms with Gasteiger partial charge in [0.1, 0.15) is 0 Å². The van der Waals surface area contributed by atoms with E-state index in [1.807, 2.05) is 24.3 Å². The largest absolute Gasteiger partial charge is 0.535 e. The van der Waals surface area contributed by atoms with Gasteiger partial charge in [0.2, 0.25) is 0 Å². The van der Waals surface area contributed by atoms with Gasteiger partial charge in [-0.2, -0.15) is 0 Å². The van der Waals surface area contributed by atoms with E-state index in [1.54, 1.807) is 6.92 Å². The first-order valence-electron chi connectivity index (χ1n) is 6.12. The van der Waals surface area contributed by atoms with E-state index >= 15 is 0 Å². The maximum absolute atomic E-state index is 11.0. The molecule has 1 aromatic rings. The summed E-state index contributed by atoms with van der Waals surface area (Å²) in [5, 5.41) is 3.52. The topological polar surface area (TPSA) is 73.9 Å². The number of benzene rings is 1. The van der Waals surface area contributed by atoms with Crippen molar-refractivity contribution in [3.05, 3.63) is 35.4 Å². The molecular weight excluding hydrogens is 244 g/mol. The van der Waals surface area contributed by atoms with Crippen molar-refractivity contribution < 1.29 is 14.4 Å². The number of nitrogens with zero attached hydrogens (tertiary/aromatic N) is 1. The van der Waals surface area contributed by atoms with Crippen molar-refractivity contribution in [2.75, 3.05) is 6.61 Å². The maximum Gasteiger partial charge on any atom is 0.535 e. The smallest absolute Gasteiger partial charge is 0.433 e. The first-order valence-corrected chi connectivity index (χ1v) is 6.12. The molecule has 5 heteroatoms. The Balaban J connectivity index is 2.75. The normalized spacial score (nSPS) is 12.1. The number of hydrogen-bond acceptors (Lipinski definition) is 4. The van der Waals surface area contributed by atoms with E-state index in [2.05, 4.69) is 35.5 Å². The number of oxime groups is 1. The Kier molecular flexibility index (Phi) is 4.92. The van der Waals surface area contributed by atoms with Crippen LogP contribution in [0.15, 0.2) is 29.4 Å². The molecule has 0 bridgehead atoms. The zero-order valence-electron chi connectivity index (χ0n) is 11.8. The van der Waals surface area contributed by atoms with Crippen LogP contribution in [0.2, 0.25) is 0 Å². The molecule has 0 radical (unpaired) electrons. The van der Waals surface area contributed by atoms with Crippen molar-refractivity contribution in [1.82, 2.24) is 0 Å². The molecule has 0 saturated heterocycles. The molecule has 0 aliphatic heterocycles. The lowest BCUT2D eigenvalue weighted by Gasteiger charge is -2.18. The summed E-state index contributed by atoms with van der Waals surface area (Å²) in [5.74, 6) is 0.133. The summed E-state index contributed by atoms with van der Waals surface area (Å²) in [7, 11) is 0. The molecular formula is C14H20N2O3. The van der Waals surface area contributed by atoms with Crippen LogP contribution < -0.4 is 5.73 Å². The summed E-state index contributed by atoms with van der Waals surface area (Å²) >= 11 is 0. The average molecular weight is 264 g/mol. The molecule has 2 N–H and O–H groups in total. The lowest BCUT2D eigenvalue weighted by molar-refractivity contribution is 0.0613. The van der Waals surface area contributed by atoms with Crippen molar-refractivity contribution in [1.29, 1.82) is 0 Å². The first kappa shape index (κ1) is 15.0. The van der Waals surface area contributed by atoms with Crippen LogP contribution >= 0.6 is 0 Å². The number of nitrogens with two attached hydrogens (primary N) is 1. The fourth-order valence-corrected chi connectivity index (χ4v) is 1.42. The second-order valence-corrected chi connectivity index (χ2v) is 5.08. The summed E-state index contributed by atoms with van der Waals surface area (Å²) in [6, 6.07) is 7.63. The predicted octanol–water partition coefficient (Wildman–Crippen LogP) is 2.78. The molecule has 0 aromatic heterocycles. The van der Waals surface area contributed by atoms with Crippen molar-refractivity contribution in [3.8, 4) is 0 Å². The van der Waals surface area contributed by atoms with Crippen LogP contribution in [0.3, 0.4) is 0 Å². The van der Waals surface area contributed by atoms with Gasteiger partial charge in [-0.25, -0.2) is 4.79 Å². The highest BCUT2D eigenvalue weighted by Crippen LogP contribution is 2.22. The number of amidine groups is 1. The number of carbonyl (C=O) groups is 1. The molecule has 1 aromatic carbocycles. The van der Waals surface area contributed by atoms with E-state index in [-0.39, 0.29) is 17.9 Å². The number of carbonyl (C=O) groups excluding carboxylic acids is 1. The summed E-state index contributed by atoms with van der Waals surface area (Å²) in [4.78, 5) is 15.5. The van der Waals surface area contributed by atoms with Crippen molar-refractivity contribution in [3.63, 3.8) is 0 Å². The van der Waals surface area contributed by atoms with E-state index in [0.717, 1.165) is 0 Å². The Hall–Kier alpha value is -2.04. The molecule has 0 aliphatic carbocycles. The van der Waals surface area contributed by atoms with Crippen LogP contribution in [-0.2, 0) is 15.0 Å². The molecule has 0 saturated carbocycles. The lowest BCUT2D eigenvalue weighted by atomic mass is 9.87. The minimum absolute atomic E-state index is 0.0753. The summed E-state index contributed by atoms with van der Waals surface area (Å²) in [5.41, 5.74) is 7.67. The minimum Gasteiger partial charge on any atom is -0.433 e. The van der Waals surface area contributed by atoms with Gasteiger partial charge in [0.25, 0.3) is 0 Å². The van der Waals surface area contributed by atoms with Gasteiger partial charge in [-0.05, 0) is 17.9 Å². The molecule has 5 nitrogen and oxygen atoms in total. The zero-order valence-corrected chi connectivity index (χ0v) is 11.8. The van der Waals surface area contributed by atoms with E-state index < -0.39 is 6.16 Å². The van der Waals surface area contributed by atoms with Crippen molar-refractivity contribution >= 4 is 12.0 Å². The van der Waals surface area contributed by atoms with Gasteiger partial charge >= 0.3 is 6.16 Å². The Labute approximate surface area is 113 Å². The molecule has 0 amide bonds. The van der Waals surface area contributed by atoms with Gasteiger partial charge < -0.3 is 10.5 Å². The Morgan fingerprint density at radius 3 is 2.32 bits per heavy atom. The first-order chi connectivity index (χ1) is 8.84. The van der Waals surface area contributed by atoms with Crippen LogP contribution in [0, 0.1) is 0 Å². The number of rotatable bonds is 3. The van der Waals surface area contributed by atoms with Crippen LogP contribution in [0.1, 0.15) is 38.8 Å². The van der Waals surface area contributed by atoms with Gasteiger partial charge in [-0.1, -0.05) is 50.2 Å². The standard InChI is InChI=1S/C14H20N2O3/c1-5-18-13(17)19-16-12(15)10-6-8-11(9-7-10)14(2,3)4/h6-9H,5H2,1-4H3,(H2,15,16). The van der Waals surface area contributed by atoms with Gasteiger partial charge in [0.15, 0.2) is 5.84 Å². The van der Waals surface area contributed by atoms with E-state index in [0.29, 0.717) is 5.56 Å². The fourth-order valence-electron chi connectivity index (χ4n) is 1.42. The molecule has 19 heavy (non-hydrogen) atoms. The fraction of sp³-hybridized carbons (Fsp3) is 0.429. The van der Waals surface area contributed by atoms with Crippen LogP contribution in [0.5, 0.6) is 0 Å². The SMILES string of the molecule is CCOC(=O)O/N=C(\N)c1ccc(C(C)(C)C)cc1. The molecule has 0 atom stereocenters. The van der Waals surface area contributed by atoms with Gasteiger partial charge in [0, 0.05) is 5.56 Å². The molecule has 0 fully saturated rings. The molecule has 0 unspecified atom stereocenters. The van der Waals surface area contributed by atoms with Crippen molar-refractivity contribution in [2.24, 2.45) is 10.9 Å². The zero-order chi connectivity index (χ0) is 14.5. The molecule has 1 rings (SSSR count). The second-order valence-electron chi connectivity index (χ2n) is 5.08. The van der Waals surface area contributed by atoms with E-state index in [4.69, 9.17) is 5.73 Å². The van der Waals surface area contributed by atoms with E-state index in [1.165, 1.54) is 5.56 Å². The monoisotopic (exact) mass is 264 g/mol. The Morgan fingerprint density at radius 1 is 1.26 bits per heavy atom.